The predicted molar refractivity (Wildman–Crippen MR) is 340 cm³/mol. The molecule has 0 saturated heterocycles. The minimum absolute atomic E-state index is 0.137. The summed E-state index contributed by atoms with van der Waals surface area (Å²) < 4.78 is 5.54. The van der Waals surface area contributed by atoms with E-state index in [1.165, 1.54) is 39.7 Å². The molecule has 0 spiro atoms. The number of carbonyl (C=O) groups excluding carboxylic acids is 4. The Morgan fingerprint density at radius 2 is 0.784 bits per heavy atom. The number of imide groups is 2. The Kier molecular flexibility index (Phi) is 18.1. The topological polar surface area (TPSA) is 74.8 Å². The summed E-state index contributed by atoms with van der Waals surface area (Å²) in [5.74, 6) is -0.135. The van der Waals surface area contributed by atoms with Gasteiger partial charge in [0.2, 0.25) is 0 Å². The molecule has 0 N–H and O–H groups in total. The van der Waals surface area contributed by atoms with Gasteiger partial charge in [-0.1, -0.05) is 27.7 Å². The number of hydrogen-bond acceptors (Lipinski definition) is 12. The standard InChI is InChI=1S/C26H25NO2S4.C20H17Br2NO2S3.C4H2S.6CH3.2Sn/c1-12(2)11-27-25(28)21-16(6)31-24(22(21)26(27)29)23-14(4)10-20(33-23)18-8-7-17(32-18)19-9-13(3)15(5)30-19;1-8(2)7-23-19(24)13-14(20(23)25)18(16-10(4)6-12(22)27-16)28-17(13)15-9(3)5-11(21)26-15;1-2-4-5-3-1;;;;;;;;/h7-10,12H,11H2,1-6H3;5-6,8H,7H2,1-4H3;1-2H;6*1H3;;. The van der Waals surface area contributed by atoms with Crippen LogP contribution in [0.3, 0.4) is 0 Å². The summed E-state index contributed by atoms with van der Waals surface area (Å²) in [6.07, 6.45) is 0. The quantitative estimate of drug-likeness (QED) is 0.0955. The normalized spacial score (nSPS) is 13.7. The molecule has 74 heavy (non-hydrogen) atoms. The van der Waals surface area contributed by atoms with Crippen LogP contribution < -0.4 is 5.79 Å². The molecule has 10 rings (SSSR count). The minimum atomic E-state index is -1.74. The van der Waals surface area contributed by atoms with E-state index in [1.807, 2.05) is 71.1 Å². The molecular weight excluding hydrogens is 1420 g/mol. The predicted octanol–water partition coefficient (Wildman–Crippen LogP) is 18.9. The maximum atomic E-state index is 13.3. The molecule has 0 bridgehead atoms. The molecule has 10 heterocycles. The van der Waals surface area contributed by atoms with Crippen molar-refractivity contribution in [1.29, 1.82) is 0 Å². The van der Waals surface area contributed by atoms with E-state index < -0.39 is 36.8 Å². The molecule has 0 atom stereocenters. The fourth-order valence-corrected chi connectivity index (χ4v) is 32.6. The summed E-state index contributed by atoms with van der Waals surface area (Å²) in [6.45, 7) is 21.5. The van der Waals surface area contributed by atoms with E-state index >= 15 is 0 Å². The fraction of sp³-hybridized carbons (Fsp3) is 0.357. The first-order chi connectivity index (χ1) is 34.5. The molecule has 0 unspecified atom stereocenters. The van der Waals surface area contributed by atoms with Crippen molar-refractivity contribution in [3.05, 3.63) is 110 Å². The molecule has 8 aromatic rings. The zero-order valence-corrected chi connectivity index (χ0v) is 60.1. The van der Waals surface area contributed by atoms with Gasteiger partial charge in [0.1, 0.15) is 0 Å². The average Bonchev–Trinajstić information content (AvgIpc) is 4.16. The number of hydrogen-bond donors (Lipinski definition) is 0. The van der Waals surface area contributed by atoms with Crippen LogP contribution in [0, 0.1) is 53.4 Å². The number of aryl methyl sites for hydroxylation is 6. The van der Waals surface area contributed by atoms with Crippen LogP contribution in [0.4, 0.5) is 0 Å². The molecule has 0 aliphatic carbocycles. The van der Waals surface area contributed by atoms with Crippen molar-refractivity contribution < 1.29 is 19.2 Å². The van der Waals surface area contributed by atoms with Gasteiger partial charge in [0.15, 0.2) is 0 Å². The van der Waals surface area contributed by atoms with Crippen molar-refractivity contribution >= 4 is 189 Å². The van der Waals surface area contributed by atoms with Gasteiger partial charge in [-0.05, 0) is 144 Å². The molecular formula is C56H62Br2N2O4S8Sn2. The van der Waals surface area contributed by atoms with Crippen LogP contribution in [0.1, 0.15) is 101 Å². The second kappa shape index (κ2) is 22.9. The Labute approximate surface area is 494 Å². The third-order valence-electron chi connectivity index (χ3n) is 12.6. The summed E-state index contributed by atoms with van der Waals surface area (Å²) in [5.41, 5.74) is 7.08. The Balaban J connectivity index is 0.000000161. The van der Waals surface area contributed by atoms with E-state index in [9.17, 15) is 19.2 Å². The molecule has 18 heteroatoms. The Bertz CT molecular complexity index is 3360. The number of fused-ring (bicyclic) bond motifs is 2. The molecule has 4 amide bonds. The van der Waals surface area contributed by atoms with Crippen LogP contribution in [0.15, 0.2) is 56.1 Å². The molecule has 0 aromatic carbocycles. The van der Waals surface area contributed by atoms with Gasteiger partial charge in [-0.25, -0.2) is 0 Å². The van der Waals surface area contributed by atoms with Crippen molar-refractivity contribution in [2.75, 3.05) is 13.1 Å². The number of halogens is 2. The van der Waals surface area contributed by atoms with E-state index in [4.69, 9.17) is 0 Å². The van der Waals surface area contributed by atoms with Gasteiger partial charge in [-0.2, -0.15) is 0 Å². The van der Waals surface area contributed by atoms with Crippen LogP contribution in [0.2, 0.25) is 29.6 Å². The third kappa shape index (κ3) is 12.0. The molecule has 8 aromatic heterocycles. The number of rotatable bonds is 11. The monoisotopic (exact) mass is 1480 g/mol. The van der Waals surface area contributed by atoms with E-state index in [0.29, 0.717) is 35.3 Å². The molecule has 6 nitrogen and oxygen atoms in total. The SMILES string of the molecule is Cc1cc(-c2ccc(-c3cc(C)c(-c4sc(C)c5c4C(=O)N(CC(C)C)C5=O)s3)s2)sc1C.Cc1cc(Br)sc1-c1sc(-c2sc(Br)cc2C)c2c1C(=O)N(CC(C)C)C2=O.[CH3][Sn]([CH3])([CH3])[c]1cc[c]([Sn]([CH3])([CH3])[CH3])s1. The molecule has 2 aliphatic heterocycles. The molecule has 0 radical (unpaired) electrons. The van der Waals surface area contributed by atoms with Crippen LogP contribution in [-0.2, 0) is 0 Å². The summed E-state index contributed by atoms with van der Waals surface area (Å²) in [7, 11) is 0. The van der Waals surface area contributed by atoms with E-state index in [0.717, 1.165) is 58.4 Å². The Hall–Kier alpha value is -1.56. The number of carbonyl (C=O) groups is 4. The summed E-state index contributed by atoms with van der Waals surface area (Å²) >= 11 is 17.5. The number of thiophene rings is 8. The van der Waals surface area contributed by atoms with Gasteiger partial charge in [-0.15, -0.1) is 79.4 Å². The van der Waals surface area contributed by atoms with Crippen LogP contribution in [0.5, 0.6) is 0 Å². The number of nitrogens with zero attached hydrogens (tertiary/aromatic N) is 2. The van der Waals surface area contributed by atoms with Crippen molar-refractivity contribution in [3.8, 4) is 48.8 Å². The van der Waals surface area contributed by atoms with E-state index in [-0.39, 0.29) is 35.5 Å². The first-order valence-corrected chi connectivity index (χ1v) is 52.6. The van der Waals surface area contributed by atoms with Crippen molar-refractivity contribution in [1.82, 2.24) is 9.80 Å². The van der Waals surface area contributed by atoms with Gasteiger partial charge in [0, 0.05) is 57.0 Å². The third-order valence-corrected chi connectivity index (χ3v) is 42.8. The van der Waals surface area contributed by atoms with Gasteiger partial charge in [0.25, 0.3) is 23.6 Å². The van der Waals surface area contributed by atoms with Gasteiger partial charge >= 0.3 is 95.6 Å². The number of amides is 4. The average molecular weight is 1480 g/mol. The van der Waals surface area contributed by atoms with Gasteiger partial charge in [-0.3, -0.25) is 29.0 Å². The summed E-state index contributed by atoms with van der Waals surface area (Å²) in [5, 5.41) is 0. The van der Waals surface area contributed by atoms with Gasteiger partial charge in [0.05, 0.1) is 44.5 Å². The van der Waals surface area contributed by atoms with Crippen molar-refractivity contribution in [3.63, 3.8) is 0 Å². The van der Waals surface area contributed by atoms with E-state index in [1.54, 1.807) is 62.5 Å². The first kappa shape index (κ1) is 58.6. The summed E-state index contributed by atoms with van der Waals surface area (Å²) in [4.78, 5) is 84.0. The zero-order valence-electron chi connectivity index (χ0n) is 44.7. The molecule has 0 saturated carbocycles. The van der Waals surface area contributed by atoms with Gasteiger partial charge < -0.3 is 0 Å². The molecule has 0 fully saturated rings. The van der Waals surface area contributed by atoms with E-state index in [2.05, 4.69) is 142 Å². The van der Waals surface area contributed by atoms with Crippen LogP contribution >= 0.6 is 123 Å². The maximum absolute atomic E-state index is 13.3. The second-order valence-electron chi connectivity index (χ2n) is 21.9. The molecule has 2 aliphatic rings. The van der Waals surface area contributed by atoms with Crippen molar-refractivity contribution in [2.45, 2.75) is 98.9 Å². The Morgan fingerprint density at radius 1 is 0.405 bits per heavy atom. The zero-order chi connectivity index (χ0) is 54.2. The summed E-state index contributed by atoms with van der Waals surface area (Å²) in [6, 6.07) is 17.8. The Morgan fingerprint density at radius 3 is 1.16 bits per heavy atom. The van der Waals surface area contributed by atoms with Crippen molar-refractivity contribution in [2.24, 2.45) is 11.8 Å². The van der Waals surface area contributed by atoms with Crippen LogP contribution in [-0.4, -0.2) is 83.3 Å². The second-order valence-corrected chi connectivity index (χ2v) is 64.3. The first-order valence-electron chi connectivity index (χ1n) is 24.5. The van der Waals surface area contributed by atoms with Crippen LogP contribution in [0.25, 0.3) is 48.8 Å². The molecule has 390 valence electrons. The fourth-order valence-electron chi connectivity index (χ4n) is 8.72.